The lowest BCUT2D eigenvalue weighted by Crippen LogP contribution is -2.48. The maximum absolute atomic E-state index is 13.1. The largest absolute Gasteiger partial charge is 0.467 e. The summed E-state index contributed by atoms with van der Waals surface area (Å²) in [5, 5.41) is 0. The molecule has 0 amide bonds. The van der Waals surface area contributed by atoms with Gasteiger partial charge in [0.2, 0.25) is 10.0 Å². The highest BCUT2D eigenvalue weighted by atomic mass is 32.2. The fourth-order valence-electron chi connectivity index (χ4n) is 4.11. The number of aryl methyl sites for hydroxylation is 2. The maximum Gasteiger partial charge on any atom is 0.341 e. The van der Waals surface area contributed by atoms with E-state index >= 15 is 0 Å². The summed E-state index contributed by atoms with van der Waals surface area (Å²) in [5.74, 6) is 0.116. The van der Waals surface area contributed by atoms with E-state index in [1.165, 1.54) is 30.9 Å². The second kappa shape index (κ2) is 8.30. The van der Waals surface area contributed by atoms with Gasteiger partial charge in [-0.25, -0.2) is 13.2 Å². The van der Waals surface area contributed by atoms with Crippen molar-refractivity contribution in [1.82, 2.24) is 9.21 Å². The Morgan fingerprint density at radius 3 is 2.52 bits per heavy atom. The van der Waals surface area contributed by atoms with Crippen LogP contribution in [-0.4, -0.2) is 56.9 Å². The van der Waals surface area contributed by atoms with Crippen molar-refractivity contribution >= 4 is 16.0 Å². The predicted octanol–water partition coefficient (Wildman–Crippen LogP) is 2.45. The van der Waals surface area contributed by atoms with Crippen LogP contribution in [0.3, 0.4) is 0 Å². The number of esters is 1. The number of furan rings is 1. The van der Waals surface area contributed by atoms with E-state index in [-0.39, 0.29) is 0 Å². The number of carbonyl (C=O) groups excluding carboxylic acids is 1. The third-order valence-electron chi connectivity index (χ3n) is 5.81. The number of rotatable bonds is 5. The number of hydrogen-bond donors (Lipinski definition) is 0. The molecule has 0 N–H and O–H groups in total. The van der Waals surface area contributed by atoms with Gasteiger partial charge in [-0.15, -0.1) is 0 Å². The molecule has 0 radical (unpaired) electrons. The lowest BCUT2D eigenvalue weighted by molar-refractivity contribution is 0.0595. The van der Waals surface area contributed by atoms with Crippen LogP contribution >= 0.6 is 0 Å². The van der Waals surface area contributed by atoms with Gasteiger partial charge < -0.3 is 9.15 Å². The first-order valence-electron chi connectivity index (χ1n) is 9.98. The monoisotopic (exact) mass is 418 g/mol. The predicted molar refractivity (Wildman–Crippen MR) is 107 cm³/mol. The van der Waals surface area contributed by atoms with Crippen LogP contribution in [0, 0.1) is 0 Å². The summed E-state index contributed by atoms with van der Waals surface area (Å²) in [7, 11) is -2.16. The molecule has 1 aromatic carbocycles. The highest BCUT2D eigenvalue weighted by molar-refractivity contribution is 7.89. The van der Waals surface area contributed by atoms with Gasteiger partial charge in [0, 0.05) is 26.2 Å². The Morgan fingerprint density at radius 2 is 1.79 bits per heavy atom. The Morgan fingerprint density at radius 1 is 1.07 bits per heavy atom. The first-order valence-corrected chi connectivity index (χ1v) is 11.4. The van der Waals surface area contributed by atoms with Crippen LogP contribution in [0.1, 0.15) is 40.1 Å². The fourth-order valence-corrected chi connectivity index (χ4v) is 5.58. The summed E-state index contributed by atoms with van der Waals surface area (Å²) in [6, 6.07) is 7.18. The van der Waals surface area contributed by atoms with Gasteiger partial charge in [-0.1, -0.05) is 6.07 Å². The summed E-state index contributed by atoms with van der Waals surface area (Å²) in [5.41, 5.74) is 2.86. The molecule has 8 heteroatoms. The van der Waals surface area contributed by atoms with Gasteiger partial charge in [-0.3, -0.25) is 4.90 Å². The normalized spacial score (nSPS) is 18.4. The highest BCUT2D eigenvalue weighted by Crippen LogP contribution is 2.26. The zero-order chi connectivity index (χ0) is 20.4. The van der Waals surface area contributed by atoms with Gasteiger partial charge in [0.25, 0.3) is 0 Å². The molecule has 2 aromatic rings. The molecule has 0 atom stereocenters. The molecule has 1 aliphatic heterocycles. The molecule has 0 bridgehead atoms. The minimum absolute atomic E-state index is 0.394. The van der Waals surface area contributed by atoms with Crippen LogP contribution in [0.25, 0.3) is 0 Å². The molecule has 1 aliphatic carbocycles. The van der Waals surface area contributed by atoms with E-state index in [1.807, 2.05) is 12.1 Å². The van der Waals surface area contributed by atoms with Gasteiger partial charge in [-0.2, -0.15) is 4.31 Å². The number of methoxy groups -OCH3 is 1. The van der Waals surface area contributed by atoms with Gasteiger partial charge in [-0.05, 0) is 55.0 Å². The second-order valence-corrected chi connectivity index (χ2v) is 9.50. The van der Waals surface area contributed by atoms with E-state index in [1.54, 1.807) is 16.4 Å². The van der Waals surface area contributed by atoms with Crippen molar-refractivity contribution in [3.8, 4) is 0 Å². The molecule has 2 heterocycles. The first-order chi connectivity index (χ1) is 14.0. The first kappa shape index (κ1) is 20.1. The number of nitrogens with zero attached hydrogens (tertiary/aromatic N) is 2. The van der Waals surface area contributed by atoms with Crippen LogP contribution < -0.4 is 0 Å². The Kier molecular flexibility index (Phi) is 5.76. The Hall–Kier alpha value is -2.16. The molecule has 4 rings (SSSR count). The smallest absolute Gasteiger partial charge is 0.341 e. The molecule has 1 saturated heterocycles. The van der Waals surface area contributed by atoms with Crippen LogP contribution in [0.15, 0.2) is 39.8 Å². The summed E-state index contributed by atoms with van der Waals surface area (Å²) < 4.78 is 38.0. The molecule has 156 valence electrons. The molecule has 2 aliphatic rings. The Balaban J connectivity index is 1.41. The molecule has 0 saturated carbocycles. The number of ether oxygens (including phenoxy) is 1. The number of benzene rings is 1. The van der Waals surface area contributed by atoms with Crippen molar-refractivity contribution < 1.29 is 22.4 Å². The van der Waals surface area contributed by atoms with E-state index < -0.39 is 16.0 Å². The van der Waals surface area contributed by atoms with Gasteiger partial charge in [0.15, 0.2) is 0 Å². The molecule has 7 nitrogen and oxygen atoms in total. The van der Waals surface area contributed by atoms with Crippen molar-refractivity contribution in [1.29, 1.82) is 0 Å². The van der Waals surface area contributed by atoms with Crippen molar-refractivity contribution in [2.24, 2.45) is 0 Å². The average molecular weight is 419 g/mol. The lowest BCUT2D eigenvalue weighted by atomic mass is 9.92. The standard InChI is InChI=1S/C21H26N2O5S/c1-27-21(24)19-8-13-28-20(19)15-22-9-11-23(12-10-22)29(25,26)18-7-6-16-4-2-3-5-17(16)14-18/h6-8,13-14H,2-5,9-12,15H2,1H3. The fraction of sp³-hybridized carbons (Fsp3) is 0.476. The van der Waals surface area contributed by atoms with Gasteiger partial charge >= 0.3 is 5.97 Å². The quantitative estimate of drug-likeness (QED) is 0.694. The summed E-state index contributed by atoms with van der Waals surface area (Å²) >= 11 is 0. The Labute approximate surface area is 171 Å². The molecular weight excluding hydrogens is 392 g/mol. The highest BCUT2D eigenvalue weighted by Gasteiger charge is 2.30. The van der Waals surface area contributed by atoms with Gasteiger partial charge in [0.05, 0.1) is 24.8 Å². The van der Waals surface area contributed by atoms with E-state index in [0.29, 0.717) is 48.9 Å². The molecule has 0 unspecified atom stereocenters. The van der Waals surface area contributed by atoms with Crippen molar-refractivity contribution in [2.75, 3.05) is 33.3 Å². The molecule has 1 aromatic heterocycles. The van der Waals surface area contributed by atoms with E-state index in [4.69, 9.17) is 9.15 Å². The number of carbonyl (C=O) groups is 1. The summed E-state index contributed by atoms with van der Waals surface area (Å²) in [6.07, 6.45) is 5.76. The van der Waals surface area contributed by atoms with Crippen LogP contribution in [0.2, 0.25) is 0 Å². The van der Waals surface area contributed by atoms with Crippen molar-refractivity contribution in [2.45, 2.75) is 37.1 Å². The summed E-state index contributed by atoms with van der Waals surface area (Å²) in [6.45, 7) is 2.42. The minimum atomic E-state index is -3.50. The van der Waals surface area contributed by atoms with Crippen LogP contribution in [-0.2, 0) is 34.1 Å². The van der Waals surface area contributed by atoms with Crippen molar-refractivity contribution in [3.05, 3.63) is 53.0 Å². The zero-order valence-corrected chi connectivity index (χ0v) is 17.4. The number of hydrogen-bond acceptors (Lipinski definition) is 6. The average Bonchev–Trinajstić information content (AvgIpc) is 3.21. The number of sulfonamides is 1. The lowest BCUT2D eigenvalue weighted by Gasteiger charge is -2.33. The van der Waals surface area contributed by atoms with Crippen molar-refractivity contribution in [3.63, 3.8) is 0 Å². The zero-order valence-electron chi connectivity index (χ0n) is 16.6. The third-order valence-corrected chi connectivity index (χ3v) is 7.70. The SMILES string of the molecule is COC(=O)c1ccoc1CN1CCN(S(=O)(=O)c2ccc3c(c2)CCCC3)CC1. The van der Waals surface area contributed by atoms with Gasteiger partial charge in [0.1, 0.15) is 11.3 Å². The topological polar surface area (TPSA) is 80.1 Å². The molecule has 0 spiro atoms. The minimum Gasteiger partial charge on any atom is -0.467 e. The Bertz CT molecular complexity index is 990. The third kappa shape index (κ3) is 4.10. The maximum atomic E-state index is 13.1. The van der Waals surface area contributed by atoms with E-state index in [9.17, 15) is 13.2 Å². The number of piperazine rings is 1. The molecular formula is C21H26N2O5S. The second-order valence-electron chi connectivity index (χ2n) is 7.57. The van der Waals surface area contributed by atoms with E-state index in [2.05, 4.69) is 4.90 Å². The van der Waals surface area contributed by atoms with Crippen LogP contribution in [0.4, 0.5) is 0 Å². The van der Waals surface area contributed by atoms with Crippen LogP contribution in [0.5, 0.6) is 0 Å². The molecule has 1 fully saturated rings. The molecule has 29 heavy (non-hydrogen) atoms. The summed E-state index contributed by atoms with van der Waals surface area (Å²) in [4.78, 5) is 14.3. The van der Waals surface area contributed by atoms with E-state index in [0.717, 1.165) is 19.3 Å². The number of fused-ring (bicyclic) bond motifs is 1.